The van der Waals surface area contributed by atoms with Crippen LogP contribution in [0.15, 0.2) is 0 Å². The van der Waals surface area contributed by atoms with Gasteiger partial charge >= 0.3 is 0 Å². The molecule has 0 aromatic rings. The molecule has 3 aliphatic rings. The number of hydrogen-bond donors (Lipinski definition) is 1. The van der Waals surface area contributed by atoms with Crippen LogP contribution in [0.4, 0.5) is 0 Å². The van der Waals surface area contributed by atoms with Crippen molar-refractivity contribution >= 4 is 5.91 Å². The van der Waals surface area contributed by atoms with Gasteiger partial charge in [0.15, 0.2) is 0 Å². The summed E-state index contributed by atoms with van der Waals surface area (Å²) >= 11 is 0. The molecular formula is C15H27N3O. The maximum atomic E-state index is 12.5. The molecule has 2 unspecified atom stereocenters. The van der Waals surface area contributed by atoms with Gasteiger partial charge < -0.3 is 10.2 Å². The average molecular weight is 265 g/mol. The van der Waals surface area contributed by atoms with Crippen LogP contribution in [0.3, 0.4) is 0 Å². The van der Waals surface area contributed by atoms with E-state index in [0.717, 1.165) is 38.6 Å². The Morgan fingerprint density at radius 2 is 1.89 bits per heavy atom. The molecule has 0 aromatic heterocycles. The fourth-order valence-corrected chi connectivity index (χ4v) is 3.39. The molecule has 1 N–H and O–H groups in total. The van der Waals surface area contributed by atoms with Gasteiger partial charge in [-0.3, -0.25) is 9.69 Å². The highest BCUT2D eigenvalue weighted by Crippen LogP contribution is 2.30. The standard InChI is InChI=1S/C15H27N3O/c1-12-3-2-6-16-14(12)15(19)18-9-7-17(8-10-18)11-13-4-5-13/h12-14,16H,2-11H2,1H3. The van der Waals surface area contributed by atoms with E-state index < -0.39 is 0 Å². The molecule has 3 rings (SSSR count). The number of nitrogens with one attached hydrogen (secondary N) is 1. The second-order valence-electron chi connectivity index (χ2n) is 6.62. The van der Waals surface area contributed by atoms with E-state index >= 15 is 0 Å². The first kappa shape index (κ1) is 13.4. The van der Waals surface area contributed by atoms with Crippen molar-refractivity contribution in [1.29, 1.82) is 0 Å². The highest BCUT2D eigenvalue weighted by Gasteiger charge is 2.33. The lowest BCUT2D eigenvalue weighted by molar-refractivity contribution is -0.137. The summed E-state index contributed by atoms with van der Waals surface area (Å²) in [5.41, 5.74) is 0. The zero-order valence-corrected chi connectivity index (χ0v) is 12.1. The van der Waals surface area contributed by atoms with E-state index in [0.29, 0.717) is 11.8 Å². The van der Waals surface area contributed by atoms with Gasteiger partial charge in [-0.15, -0.1) is 0 Å². The summed E-state index contributed by atoms with van der Waals surface area (Å²) in [4.78, 5) is 17.2. The SMILES string of the molecule is CC1CCCNC1C(=O)N1CCN(CC2CC2)CC1. The van der Waals surface area contributed by atoms with Crippen molar-refractivity contribution in [3.05, 3.63) is 0 Å². The molecule has 4 nitrogen and oxygen atoms in total. The Hall–Kier alpha value is -0.610. The summed E-state index contributed by atoms with van der Waals surface area (Å²) in [6, 6.07) is 0.0729. The maximum absolute atomic E-state index is 12.5. The van der Waals surface area contributed by atoms with Gasteiger partial charge in [-0.05, 0) is 44.1 Å². The number of hydrogen-bond acceptors (Lipinski definition) is 3. The van der Waals surface area contributed by atoms with E-state index in [1.165, 1.54) is 32.2 Å². The van der Waals surface area contributed by atoms with Gasteiger partial charge in [0.05, 0.1) is 6.04 Å². The highest BCUT2D eigenvalue weighted by molar-refractivity contribution is 5.82. The molecule has 1 aliphatic carbocycles. The Morgan fingerprint density at radius 1 is 1.16 bits per heavy atom. The van der Waals surface area contributed by atoms with Crippen molar-refractivity contribution in [2.75, 3.05) is 39.3 Å². The molecule has 0 bridgehead atoms. The second kappa shape index (κ2) is 5.80. The lowest BCUT2D eigenvalue weighted by Crippen LogP contribution is -2.57. The molecule has 2 aliphatic heterocycles. The first-order valence-electron chi connectivity index (χ1n) is 7.98. The zero-order valence-electron chi connectivity index (χ0n) is 12.1. The first-order chi connectivity index (χ1) is 9.24. The Balaban J connectivity index is 1.48. The van der Waals surface area contributed by atoms with Crippen LogP contribution in [0, 0.1) is 11.8 Å². The van der Waals surface area contributed by atoms with Crippen molar-refractivity contribution in [2.45, 2.75) is 38.6 Å². The van der Waals surface area contributed by atoms with Gasteiger partial charge in [-0.1, -0.05) is 6.92 Å². The summed E-state index contributed by atoms with van der Waals surface area (Å²) in [5.74, 6) is 1.80. The molecule has 2 atom stereocenters. The molecule has 1 saturated carbocycles. The molecule has 3 fully saturated rings. The molecule has 0 radical (unpaired) electrons. The molecule has 0 spiro atoms. The van der Waals surface area contributed by atoms with E-state index in [1.807, 2.05) is 0 Å². The normalized spacial score (nSPS) is 33.4. The number of rotatable bonds is 3. The molecule has 4 heteroatoms. The molecule has 19 heavy (non-hydrogen) atoms. The Kier molecular flexibility index (Phi) is 4.08. The van der Waals surface area contributed by atoms with E-state index in [-0.39, 0.29) is 6.04 Å². The largest absolute Gasteiger partial charge is 0.339 e. The van der Waals surface area contributed by atoms with E-state index in [4.69, 9.17) is 0 Å². The van der Waals surface area contributed by atoms with E-state index in [1.54, 1.807) is 0 Å². The highest BCUT2D eigenvalue weighted by atomic mass is 16.2. The third-order valence-electron chi connectivity index (χ3n) is 4.93. The van der Waals surface area contributed by atoms with Crippen LogP contribution < -0.4 is 5.32 Å². The number of nitrogens with zero attached hydrogens (tertiary/aromatic N) is 2. The van der Waals surface area contributed by atoms with Gasteiger partial charge in [0, 0.05) is 32.7 Å². The smallest absolute Gasteiger partial charge is 0.240 e. The molecule has 2 saturated heterocycles. The molecule has 2 heterocycles. The monoisotopic (exact) mass is 265 g/mol. The van der Waals surface area contributed by atoms with Crippen LogP contribution >= 0.6 is 0 Å². The second-order valence-corrected chi connectivity index (χ2v) is 6.62. The third kappa shape index (κ3) is 3.29. The van der Waals surface area contributed by atoms with Crippen molar-refractivity contribution in [3.8, 4) is 0 Å². The number of amides is 1. The fraction of sp³-hybridized carbons (Fsp3) is 0.933. The third-order valence-corrected chi connectivity index (χ3v) is 4.93. The number of carbonyl (C=O) groups is 1. The van der Waals surface area contributed by atoms with Crippen molar-refractivity contribution in [2.24, 2.45) is 11.8 Å². The topological polar surface area (TPSA) is 35.6 Å². The lowest BCUT2D eigenvalue weighted by atomic mass is 9.91. The average Bonchev–Trinajstić information content (AvgIpc) is 3.23. The molecule has 1 amide bonds. The Morgan fingerprint density at radius 3 is 2.53 bits per heavy atom. The van der Waals surface area contributed by atoms with Gasteiger partial charge in [-0.2, -0.15) is 0 Å². The lowest BCUT2D eigenvalue weighted by Gasteiger charge is -2.39. The van der Waals surface area contributed by atoms with Gasteiger partial charge in [-0.25, -0.2) is 0 Å². The van der Waals surface area contributed by atoms with Crippen molar-refractivity contribution in [1.82, 2.24) is 15.1 Å². The number of piperazine rings is 1. The summed E-state index contributed by atoms with van der Waals surface area (Å²) < 4.78 is 0. The zero-order chi connectivity index (χ0) is 13.2. The van der Waals surface area contributed by atoms with E-state index in [9.17, 15) is 4.79 Å². The molecule has 0 aromatic carbocycles. The van der Waals surface area contributed by atoms with Gasteiger partial charge in [0.25, 0.3) is 0 Å². The summed E-state index contributed by atoms with van der Waals surface area (Å²) in [6.45, 7) is 8.47. The minimum absolute atomic E-state index is 0.0729. The van der Waals surface area contributed by atoms with Gasteiger partial charge in [0.1, 0.15) is 0 Å². The van der Waals surface area contributed by atoms with Crippen LogP contribution in [0.1, 0.15) is 32.6 Å². The van der Waals surface area contributed by atoms with Crippen molar-refractivity contribution in [3.63, 3.8) is 0 Å². The van der Waals surface area contributed by atoms with Crippen molar-refractivity contribution < 1.29 is 4.79 Å². The summed E-state index contributed by atoms with van der Waals surface area (Å²) in [5, 5.41) is 3.41. The van der Waals surface area contributed by atoms with Crippen LogP contribution in [0.2, 0.25) is 0 Å². The number of piperidine rings is 1. The van der Waals surface area contributed by atoms with Crippen LogP contribution in [0.5, 0.6) is 0 Å². The Labute approximate surface area is 116 Å². The minimum atomic E-state index is 0.0729. The Bertz CT molecular complexity index is 321. The van der Waals surface area contributed by atoms with E-state index in [2.05, 4.69) is 22.0 Å². The predicted molar refractivity (Wildman–Crippen MR) is 75.9 cm³/mol. The molecule has 108 valence electrons. The van der Waals surface area contributed by atoms with Gasteiger partial charge in [0.2, 0.25) is 5.91 Å². The maximum Gasteiger partial charge on any atom is 0.240 e. The summed E-state index contributed by atoms with van der Waals surface area (Å²) in [7, 11) is 0. The predicted octanol–water partition coefficient (Wildman–Crippen LogP) is 0.929. The fourth-order valence-electron chi connectivity index (χ4n) is 3.39. The van der Waals surface area contributed by atoms with Crippen LogP contribution in [0.25, 0.3) is 0 Å². The quantitative estimate of drug-likeness (QED) is 0.824. The molecular weight excluding hydrogens is 238 g/mol. The van der Waals surface area contributed by atoms with Crippen LogP contribution in [-0.4, -0.2) is 61.0 Å². The van der Waals surface area contributed by atoms with Crippen LogP contribution in [-0.2, 0) is 4.79 Å². The summed E-state index contributed by atoms with van der Waals surface area (Å²) in [6.07, 6.45) is 5.23. The first-order valence-corrected chi connectivity index (χ1v) is 7.98. The minimum Gasteiger partial charge on any atom is -0.339 e. The number of carbonyl (C=O) groups excluding carboxylic acids is 1.